The van der Waals surface area contributed by atoms with Crippen LogP contribution in [0, 0.1) is 5.41 Å². The predicted molar refractivity (Wildman–Crippen MR) is 71.3 cm³/mol. The summed E-state index contributed by atoms with van der Waals surface area (Å²) in [6.07, 6.45) is 6.78. The molecule has 2 atom stereocenters. The third-order valence-electron chi connectivity index (χ3n) is 4.20. The molecular weight excluding hydrogens is 212 g/mol. The van der Waals surface area contributed by atoms with E-state index in [1.165, 1.54) is 38.6 Å². The lowest BCUT2D eigenvalue weighted by Crippen LogP contribution is -2.45. The maximum Gasteiger partial charge on any atom is 0.0620 e. The van der Waals surface area contributed by atoms with Gasteiger partial charge in [0.25, 0.3) is 0 Å². The highest BCUT2D eigenvalue weighted by atomic mass is 16.5. The molecular formula is C14H28N2O. The molecule has 0 amide bonds. The summed E-state index contributed by atoms with van der Waals surface area (Å²) in [6.45, 7) is 8.59. The first-order valence-electron chi connectivity index (χ1n) is 7.29. The van der Waals surface area contributed by atoms with E-state index in [9.17, 15) is 0 Å². The van der Waals surface area contributed by atoms with Gasteiger partial charge in [0.2, 0.25) is 0 Å². The minimum Gasteiger partial charge on any atom is -0.379 e. The Balaban J connectivity index is 1.61. The lowest BCUT2D eigenvalue weighted by Gasteiger charge is -2.27. The summed E-state index contributed by atoms with van der Waals surface area (Å²) in [5.74, 6) is 0. The fourth-order valence-corrected chi connectivity index (χ4v) is 2.89. The van der Waals surface area contributed by atoms with Gasteiger partial charge >= 0.3 is 0 Å². The van der Waals surface area contributed by atoms with E-state index in [2.05, 4.69) is 24.5 Å². The Morgan fingerprint density at radius 2 is 2.29 bits per heavy atom. The van der Waals surface area contributed by atoms with Gasteiger partial charge in [-0.3, -0.25) is 0 Å². The minimum absolute atomic E-state index is 0.549. The van der Waals surface area contributed by atoms with Crippen molar-refractivity contribution in [2.75, 3.05) is 26.3 Å². The van der Waals surface area contributed by atoms with Gasteiger partial charge in [0.05, 0.1) is 13.2 Å². The molecule has 17 heavy (non-hydrogen) atoms. The van der Waals surface area contributed by atoms with Crippen molar-refractivity contribution in [2.45, 2.75) is 58.0 Å². The van der Waals surface area contributed by atoms with Gasteiger partial charge in [-0.1, -0.05) is 13.3 Å². The molecule has 2 fully saturated rings. The third-order valence-corrected chi connectivity index (χ3v) is 4.20. The van der Waals surface area contributed by atoms with Gasteiger partial charge < -0.3 is 15.4 Å². The second-order valence-electron chi connectivity index (χ2n) is 5.99. The molecule has 1 aliphatic heterocycles. The molecule has 0 radical (unpaired) electrons. The molecule has 3 nitrogen and oxygen atoms in total. The summed E-state index contributed by atoms with van der Waals surface area (Å²) in [7, 11) is 0. The number of nitrogens with one attached hydrogen (secondary N) is 2. The Morgan fingerprint density at radius 1 is 1.47 bits per heavy atom. The van der Waals surface area contributed by atoms with E-state index in [0.29, 0.717) is 17.5 Å². The topological polar surface area (TPSA) is 33.3 Å². The SMILES string of the molecule is CCCC1(CNC(C)CC2COCCN2)CC1. The molecule has 1 aliphatic carbocycles. The van der Waals surface area contributed by atoms with Gasteiger partial charge in [0, 0.05) is 25.2 Å². The van der Waals surface area contributed by atoms with E-state index >= 15 is 0 Å². The zero-order chi connectivity index (χ0) is 12.1. The van der Waals surface area contributed by atoms with Crippen molar-refractivity contribution < 1.29 is 4.74 Å². The van der Waals surface area contributed by atoms with Crippen molar-refractivity contribution in [1.82, 2.24) is 10.6 Å². The molecule has 2 unspecified atom stereocenters. The second kappa shape index (κ2) is 6.17. The van der Waals surface area contributed by atoms with E-state index in [0.717, 1.165) is 19.8 Å². The van der Waals surface area contributed by atoms with Crippen molar-refractivity contribution >= 4 is 0 Å². The Labute approximate surface area is 106 Å². The van der Waals surface area contributed by atoms with Crippen LogP contribution in [0.5, 0.6) is 0 Å². The summed E-state index contributed by atoms with van der Waals surface area (Å²) in [6, 6.07) is 1.15. The van der Waals surface area contributed by atoms with Crippen LogP contribution in [-0.4, -0.2) is 38.4 Å². The first-order chi connectivity index (χ1) is 8.24. The smallest absolute Gasteiger partial charge is 0.0620 e. The highest BCUT2D eigenvalue weighted by Crippen LogP contribution is 2.48. The number of hydrogen-bond donors (Lipinski definition) is 2. The predicted octanol–water partition coefficient (Wildman–Crippen LogP) is 1.92. The average molecular weight is 240 g/mol. The van der Waals surface area contributed by atoms with Gasteiger partial charge in [-0.25, -0.2) is 0 Å². The lowest BCUT2D eigenvalue weighted by atomic mass is 9.99. The quantitative estimate of drug-likeness (QED) is 0.713. The third kappa shape index (κ3) is 4.23. The molecule has 2 aliphatic rings. The maximum atomic E-state index is 5.49. The van der Waals surface area contributed by atoms with Crippen LogP contribution in [-0.2, 0) is 4.74 Å². The molecule has 3 heteroatoms. The van der Waals surface area contributed by atoms with Crippen LogP contribution in [0.2, 0.25) is 0 Å². The van der Waals surface area contributed by atoms with Gasteiger partial charge in [-0.2, -0.15) is 0 Å². The van der Waals surface area contributed by atoms with Crippen LogP contribution in [0.15, 0.2) is 0 Å². The number of rotatable bonds is 7. The van der Waals surface area contributed by atoms with Gasteiger partial charge in [-0.15, -0.1) is 0 Å². The number of ether oxygens (including phenoxy) is 1. The first kappa shape index (κ1) is 13.3. The van der Waals surface area contributed by atoms with E-state index in [1.54, 1.807) is 0 Å². The Kier molecular flexibility index (Phi) is 4.83. The van der Waals surface area contributed by atoms with Crippen molar-refractivity contribution in [3.05, 3.63) is 0 Å². The fourth-order valence-electron chi connectivity index (χ4n) is 2.89. The lowest BCUT2D eigenvalue weighted by molar-refractivity contribution is 0.0710. The van der Waals surface area contributed by atoms with Crippen LogP contribution in [0.25, 0.3) is 0 Å². The molecule has 2 rings (SSSR count). The minimum atomic E-state index is 0.549. The van der Waals surface area contributed by atoms with E-state index in [-0.39, 0.29) is 0 Å². The summed E-state index contributed by atoms with van der Waals surface area (Å²) < 4.78 is 5.49. The monoisotopic (exact) mass is 240 g/mol. The molecule has 1 saturated carbocycles. The maximum absolute atomic E-state index is 5.49. The first-order valence-corrected chi connectivity index (χ1v) is 7.29. The molecule has 1 heterocycles. The second-order valence-corrected chi connectivity index (χ2v) is 5.99. The molecule has 100 valence electrons. The largest absolute Gasteiger partial charge is 0.379 e. The van der Waals surface area contributed by atoms with Gasteiger partial charge in [-0.05, 0) is 38.0 Å². The van der Waals surface area contributed by atoms with E-state index in [1.807, 2.05) is 0 Å². The Hall–Kier alpha value is -0.120. The number of morpholine rings is 1. The van der Waals surface area contributed by atoms with Gasteiger partial charge in [0.1, 0.15) is 0 Å². The Bertz CT molecular complexity index is 222. The van der Waals surface area contributed by atoms with Gasteiger partial charge in [0.15, 0.2) is 0 Å². The van der Waals surface area contributed by atoms with Crippen LogP contribution >= 0.6 is 0 Å². The highest BCUT2D eigenvalue weighted by molar-refractivity contribution is 4.95. The number of hydrogen-bond acceptors (Lipinski definition) is 3. The Morgan fingerprint density at radius 3 is 2.88 bits per heavy atom. The van der Waals surface area contributed by atoms with Crippen molar-refractivity contribution in [3.8, 4) is 0 Å². The molecule has 0 aromatic rings. The van der Waals surface area contributed by atoms with Crippen LogP contribution in [0.4, 0.5) is 0 Å². The van der Waals surface area contributed by atoms with Crippen LogP contribution in [0.1, 0.15) is 46.0 Å². The molecule has 1 saturated heterocycles. The summed E-state index contributed by atoms with van der Waals surface area (Å²) in [5, 5.41) is 7.24. The van der Waals surface area contributed by atoms with Crippen LogP contribution in [0.3, 0.4) is 0 Å². The van der Waals surface area contributed by atoms with Crippen molar-refractivity contribution in [3.63, 3.8) is 0 Å². The summed E-state index contributed by atoms with van der Waals surface area (Å²) in [5.41, 5.74) is 0.666. The summed E-state index contributed by atoms with van der Waals surface area (Å²) in [4.78, 5) is 0. The molecule has 0 spiro atoms. The van der Waals surface area contributed by atoms with Crippen molar-refractivity contribution in [2.24, 2.45) is 5.41 Å². The van der Waals surface area contributed by atoms with Crippen LogP contribution < -0.4 is 10.6 Å². The summed E-state index contributed by atoms with van der Waals surface area (Å²) >= 11 is 0. The zero-order valence-electron chi connectivity index (χ0n) is 11.4. The molecule has 0 aromatic heterocycles. The van der Waals surface area contributed by atoms with E-state index < -0.39 is 0 Å². The fraction of sp³-hybridized carbons (Fsp3) is 1.00. The van der Waals surface area contributed by atoms with E-state index in [4.69, 9.17) is 4.74 Å². The molecule has 0 bridgehead atoms. The molecule has 0 aromatic carbocycles. The highest BCUT2D eigenvalue weighted by Gasteiger charge is 2.41. The zero-order valence-corrected chi connectivity index (χ0v) is 11.4. The standard InChI is InChI=1S/C14H28N2O/c1-3-4-14(5-6-14)11-16-12(2)9-13-10-17-8-7-15-13/h12-13,15-16H,3-11H2,1-2H3. The molecule has 2 N–H and O–H groups in total. The average Bonchev–Trinajstić information content (AvgIpc) is 3.09. The normalized spacial score (nSPS) is 28.9. The van der Waals surface area contributed by atoms with Crippen molar-refractivity contribution in [1.29, 1.82) is 0 Å².